The van der Waals surface area contributed by atoms with Gasteiger partial charge in [-0.2, -0.15) is 0 Å². The average Bonchev–Trinajstić information content (AvgIpc) is 2.13. The Labute approximate surface area is 80.1 Å². The van der Waals surface area contributed by atoms with E-state index in [9.17, 15) is 5.11 Å². The molecule has 0 aromatic rings. The number of hydrogen-bond donors (Lipinski definition) is 2. The van der Waals surface area contributed by atoms with Crippen LogP contribution in [0.4, 0.5) is 0 Å². The van der Waals surface area contributed by atoms with E-state index >= 15 is 0 Å². The summed E-state index contributed by atoms with van der Waals surface area (Å²) in [6.45, 7) is 10.8. The SMILES string of the molecule is C=C/C=C(\O)C(=C)N(CC)CNC. The molecule has 0 fully saturated rings. The van der Waals surface area contributed by atoms with Gasteiger partial charge in [-0.1, -0.05) is 19.2 Å². The zero-order chi connectivity index (χ0) is 10.3. The maximum atomic E-state index is 9.47. The molecule has 0 aliphatic rings. The molecule has 3 nitrogen and oxygen atoms in total. The van der Waals surface area contributed by atoms with Crippen molar-refractivity contribution in [3.63, 3.8) is 0 Å². The van der Waals surface area contributed by atoms with Gasteiger partial charge in [0.1, 0.15) is 5.76 Å². The van der Waals surface area contributed by atoms with Crippen LogP contribution < -0.4 is 5.32 Å². The molecule has 74 valence electrons. The van der Waals surface area contributed by atoms with Crippen molar-refractivity contribution >= 4 is 0 Å². The molecule has 0 aromatic heterocycles. The quantitative estimate of drug-likeness (QED) is 0.372. The lowest BCUT2D eigenvalue weighted by molar-refractivity contribution is 0.306. The van der Waals surface area contributed by atoms with Gasteiger partial charge in [0.2, 0.25) is 0 Å². The molecular formula is C10H18N2O. The van der Waals surface area contributed by atoms with E-state index < -0.39 is 0 Å². The summed E-state index contributed by atoms with van der Waals surface area (Å²) in [7, 11) is 1.85. The minimum Gasteiger partial charge on any atom is -0.506 e. The van der Waals surface area contributed by atoms with Gasteiger partial charge >= 0.3 is 0 Å². The number of allylic oxidation sites excluding steroid dienone is 2. The molecular weight excluding hydrogens is 164 g/mol. The van der Waals surface area contributed by atoms with E-state index in [1.54, 1.807) is 0 Å². The van der Waals surface area contributed by atoms with Gasteiger partial charge < -0.3 is 15.3 Å². The summed E-state index contributed by atoms with van der Waals surface area (Å²) in [5.74, 6) is 0.159. The molecule has 0 atom stereocenters. The lowest BCUT2D eigenvalue weighted by atomic mass is 10.3. The third-order valence-corrected chi connectivity index (χ3v) is 1.68. The lowest BCUT2D eigenvalue weighted by Crippen LogP contribution is -2.31. The molecule has 0 rings (SSSR count). The van der Waals surface area contributed by atoms with Crippen molar-refractivity contribution in [2.45, 2.75) is 6.92 Å². The van der Waals surface area contributed by atoms with Gasteiger partial charge in [-0.25, -0.2) is 0 Å². The highest BCUT2D eigenvalue weighted by Gasteiger charge is 2.06. The molecule has 0 aliphatic carbocycles. The first-order valence-corrected chi connectivity index (χ1v) is 4.27. The predicted molar refractivity (Wildman–Crippen MR) is 56.4 cm³/mol. The fourth-order valence-corrected chi connectivity index (χ4v) is 0.959. The molecule has 0 saturated heterocycles. The Kier molecular flexibility index (Phi) is 5.72. The van der Waals surface area contributed by atoms with Crippen LogP contribution in [-0.4, -0.2) is 30.3 Å². The van der Waals surface area contributed by atoms with Gasteiger partial charge in [-0.05, 0) is 20.0 Å². The minimum atomic E-state index is 0.159. The standard InChI is InChI=1S/C10H18N2O/c1-5-7-10(13)9(3)12(6-2)8-11-4/h5,7,11,13H,1,3,6,8H2,2,4H3/b10-7-. The Bertz CT molecular complexity index is 209. The van der Waals surface area contributed by atoms with Crippen LogP contribution in [0.1, 0.15) is 6.92 Å². The van der Waals surface area contributed by atoms with E-state index in [0.717, 1.165) is 6.54 Å². The first kappa shape index (κ1) is 11.8. The highest BCUT2D eigenvalue weighted by Crippen LogP contribution is 2.08. The Balaban J connectivity index is 4.35. The van der Waals surface area contributed by atoms with Crippen molar-refractivity contribution in [3.8, 4) is 0 Å². The van der Waals surface area contributed by atoms with Gasteiger partial charge in [-0.15, -0.1) is 0 Å². The van der Waals surface area contributed by atoms with Gasteiger partial charge in [0.05, 0.1) is 12.4 Å². The second-order valence-corrected chi connectivity index (χ2v) is 2.60. The minimum absolute atomic E-state index is 0.159. The van der Waals surface area contributed by atoms with Crippen LogP contribution in [0.5, 0.6) is 0 Å². The number of likely N-dealkylation sites (N-methyl/N-ethyl adjacent to an activating group) is 1. The van der Waals surface area contributed by atoms with Crippen LogP contribution in [-0.2, 0) is 0 Å². The average molecular weight is 182 g/mol. The van der Waals surface area contributed by atoms with E-state index in [0.29, 0.717) is 12.4 Å². The Morgan fingerprint density at radius 3 is 2.62 bits per heavy atom. The Morgan fingerprint density at radius 2 is 2.23 bits per heavy atom. The number of nitrogens with zero attached hydrogens (tertiary/aromatic N) is 1. The van der Waals surface area contributed by atoms with Crippen molar-refractivity contribution in [1.82, 2.24) is 10.2 Å². The highest BCUT2D eigenvalue weighted by atomic mass is 16.3. The van der Waals surface area contributed by atoms with Gasteiger partial charge in [0, 0.05) is 6.54 Å². The number of rotatable bonds is 6. The summed E-state index contributed by atoms with van der Waals surface area (Å²) in [5, 5.41) is 12.5. The Morgan fingerprint density at radius 1 is 1.62 bits per heavy atom. The first-order chi connectivity index (χ1) is 6.17. The maximum absolute atomic E-state index is 9.47. The van der Waals surface area contributed by atoms with Crippen LogP contribution in [0.15, 0.2) is 36.8 Å². The number of aliphatic hydroxyl groups excluding tert-OH is 1. The van der Waals surface area contributed by atoms with Gasteiger partial charge in [0.25, 0.3) is 0 Å². The van der Waals surface area contributed by atoms with Gasteiger partial charge in [-0.3, -0.25) is 0 Å². The normalized spacial score (nSPS) is 11.1. The smallest absolute Gasteiger partial charge is 0.138 e. The third kappa shape index (κ3) is 3.80. The molecule has 0 bridgehead atoms. The van der Waals surface area contributed by atoms with E-state index in [1.165, 1.54) is 12.2 Å². The zero-order valence-corrected chi connectivity index (χ0v) is 8.38. The molecule has 0 amide bonds. The molecule has 3 heteroatoms. The van der Waals surface area contributed by atoms with Crippen LogP contribution in [0, 0.1) is 0 Å². The molecule has 0 unspecified atom stereocenters. The van der Waals surface area contributed by atoms with E-state index in [4.69, 9.17) is 0 Å². The second-order valence-electron chi connectivity index (χ2n) is 2.60. The molecule has 13 heavy (non-hydrogen) atoms. The fourth-order valence-electron chi connectivity index (χ4n) is 0.959. The van der Waals surface area contributed by atoms with Gasteiger partial charge in [0.15, 0.2) is 0 Å². The van der Waals surface area contributed by atoms with Crippen molar-refractivity contribution < 1.29 is 5.11 Å². The van der Waals surface area contributed by atoms with E-state index in [-0.39, 0.29) is 5.76 Å². The van der Waals surface area contributed by atoms with Crippen LogP contribution in [0.3, 0.4) is 0 Å². The third-order valence-electron chi connectivity index (χ3n) is 1.68. The van der Waals surface area contributed by atoms with Crippen LogP contribution in [0.25, 0.3) is 0 Å². The number of nitrogens with one attached hydrogen (secondary N) is 1. The number of hydrogen-bond acceptors (Lipinski definition) is 3. The topological polar surface area (TPSA) is 35.5 Å². The van der Waals surface area contributed by atoms with E-state index in [1.807, 2.05) is 18.9 Å². The van der Waals surface area contributed by atoms with Crippen molar-refractivity contribution in [3.05, 3.63) is 36.8 Å². The predicted octanol–water partition coefficient (Wildman–Crippen LogP) is 1.63. The molecule has 2 N–H and O–H groups in total. The first-order valence-electron chi connectivity index (χ1n) is 4.27. The largest absolute Gasteiger partial charge is 0.506 e. The molecule has 0 spiro atoms. The maximum Gasteiger partial charge on any atom is 0.138 e. The fraction of sp³-hybridized carbons (Fsp3) is 0.400. The van der Waals surface area contributed by atoms with Crippen LogP contribution in [0.2, 0.25) is 0 Å². The molecule has 0 heterocycles. The van der Waals surface area contributed by atoms with Crippen molar-refractivity contribution in [2.24, 2.45) is 0 Å². The Hall–Kier alpha value is -1.22. The highest BCUT2D eigenvalue weighted by molar-refractivity contribution is 5.23. The number of aliphatic hydroxyl groups is 1. The molecule has 0 aromatic carbocycles. The summed E-state index contributed by atoms with van der Waals surface area (Å²) in [6, 6.07) is 0. The zero-order valence-electron chi connectivity index (χ0n) is 8.38. The van der Waals surface area contributed by atoms with Crippen LogP contribution >= 0.6 is 0 Å². The summed E-state index contributed by atoms with van der Waals surface area (Å²) in [6.07, 6.45) is 3.06. The van der Waals surface area contributed by atoms with Crippen molar-refractivity contribution in [1.29, 1.82) is 0 Å². The molecule has 0 aliphatic heterocycles. The lowest BCUT2D eigenvalue weighted by Gasteiger charge is -2.23. The van der Waals surface area contributed by atoms with E-state index in [2.05, 4.69) is 18.5 Å². The monoisotopic (exact) mass is 182 g/mol. The molecule has 0 radical (unpaired) electrons. The molecule has 0 saturated carbocycles. The summed E-state index contributed by atoms with van der Waals surface area (Å²) >= 11 is 0. The van der Waals surface area contributed by atoms with Crippen molar-refractivity contribution in [2.75, 3.05) is 20.3 Å². The summed E-state index contributed by atoms with van der Waals surface area (Å²) in [4.78, 5) is 1.93. The summed E-state index contributed by atoms with van der Waals surface area (Å²) in [5.41, 5.74) is 0.608. The summed E-state index contributed by atoms with van der Waals surface area (Å²) < 4.78 is 0. The second kappa shape index (κ2) is 6.31.